The number of benzene rings is 2. The van der Waals surface area contributed by atoms with Crippen LogP contribution in [0.5, 0.6) is 0 Å². The Kier molecular flexibility index (Phi) is 4.16. The molecule has 2 aromatic carbocycles. The number of aryl methyl sites for hydroxylation is 1. The van der Waals surface area contributed by atoms with Gasteiger partial charge in [0, 0.05) is 9.26 Å². The standard InChI is InChI=1S/C15H11F2IN4O/c1-7-6-8(18)2-5-11(7)20-13-9(3-4-10(16)12(13)17)14-21-22-15(19)23-14/h2-6,20H,1H3,(H2,19,22). The van der Waals surface area contributed by atoms with Crippen molar-refractivity contribution in [2.45, 2.75) is 6.92 Å². The van der Waals surface area contributed by atoms with E-state index in [1.54, 1.807) is 6.07 Å². The molecule has 0 amide bonds. The third-order valence-electron chi connectivity index (χ3n) is 3.21. The number of nitrogens with two attached hydrogens (primary N) is 1. The lowest BCUT2D eigenvalue weighted by atomic mass is 10.1. The van der Waals surface area contributed by atoms with Gasteiger partial charge in [-0.15, -0.1) is 5.10 Å². The molecule has 0 radical (unpaired) electrons. The molecule has 118 valence electrons. The number of nitrogens with zero attached hydrogens (tertiary/aromatic N) is 2. The van der Waals surface area contributed by atoms with E-state index in [2.05, 4.69) is 38.1 Å². The SMILES string of the molecule is Cc1cc(I)ccc1Nc1c(-c2nnc(N)o2)ccc(F)c1F. The van der Waals surface area contributed by atoms with Crippen molar-refractivity contribution in [1.29, 1.82) is 0 Å². The number of rotatable bonds is 3. The van der Waals surface area contributed by atoms with E-state index >= 15 is 0 Å². The van der Waals surface area contributed by atoms with Gasteiger partial charge in [0.2, 0.25) is 0 Å². The van der Waals surface area contributed by atoms with Crippen LogP contribution in [0.25, 0.3) is 11.5 Å². The Bertz CT molecular complexity index is 882. The van der Waals surface area contributed by atoms with Crippen LogP contribution in [-0.4, -0.2) is 10.2 Å². The molecule has 0 bridgehead atoms. The fourth-order valence-electron chi connectivity index (χ4n) is 2.10. The highest BCUT2D eigenvalue weighted by Gasteiger charge is 2.19. The van der Waals surface area contributed by atoms with Gasteiger partial charge in [0.25, 0.3) is 5.89 Å². The first-order valence-corrected chi connectivity index (χ1v) is 7.64. The van der Waals surface area contributed by atoms with E-state index in [-0.39, 0.29) is 23.2 Å². The summed E-state index contributed by atoms with van der Waals surface area (Å²) in [7, 11) is 0. The normalized spacial score (nSPS) is 10.8. The average molecular weight is 428 g/mol. The van der Waals surface area contributed by atoms with Crippen molar-refractivity contribution in [3.8, 4) is 11.5 Å². The van der Waals surface area contributed by atoms with Crippen molar-refractivity contribution < 1.29 is 13.2 Å². The van der Waals surface area contributed by atoms with Gasteiger partial charge in [-0.3, -0.25) is 0 Å². The largest absolute Gasteiger partial charge is 0.403 e. The lowest BCUT2D eigenvalue weighted by Gasteiger charge is -2.14. The van der Waals surface area contributed by atoms with Crippen LogP contribution in [0.1, 0.15) is 5.56 Å². The third kappa shape index (κ3) is 3.11. The van der Waals surface area contributed by atoms with E-state index < -0.39 is 11.6 Å². The molecular formula is C15H11F2IN4O. The van der Waals surface area contributed by atoms with Crippen molar-refractivity contribution in [3.63, 3.8) is 0 Å². The maximum absolute atomic E-state index is 14.3. The number of nitrogens with one attached hydrogen (secondary N) is 1. The highest BCUT2D eigenvalue weighted by molar-refractivity contribution is 14.1. The van der Waals surface area contributed by atoms with Gasteiger partial charge in [-0.1, -0.05) is 5.10 Å². The Morgan fingerprint density at radius 3 is 2.61 bits per heavy atom. The molecule has 1 heterocycles. The second-order valence-corrected chi connectivity index (χ2v) is 6.06. The fraction of sp³-hybridized carbons (Fsp3) is 0.0667. The summed E-state index contributed by atoms with van der Waals surface area (Å²) in [5.41, 5.74) is 7.07. The van der Waals surface area contributed by atoms with Crippen molar-refractivity contribution in [2.75, 3.05) is 11.1 Å². The molecule has 0 spiro atoms. The Labute approximate surface area is 144 Å². The Morgan fingerprint density at radius 2 is 1.96 bits per heavy atom. The van der Waals surface area contributed by atoms with Gasteiger partial charge in [-0.25, -0.2) is 8.78 Å². The predicted molar refractivity (Wildman–Crippen MR) is 91.2 cm³/mol. The van der Waals surface area contributed by atoms with Crippen LogP contribution in [0.4, 0.5) is 26.2 Å². The summed E-state index contributed by atoms with van der Waals surface area (Å²) in [5, 5.41) is 10.2. The molecule has 0 unspecified atom stereocenters. The molecule has 3 rings (SSSR count). The second kappa shape index (κ2) is 6.11. The maximum atomic E-state index is 14.3. The summed E-state index contributed by atoms with van der Waals surface area (Å²) in [6.07, 6.45) is 0. The molecule has 3 N–H and O–H groups in total. The van der Waals surface area contributed by atoms with Crippen LogP contribution in [0.2, 0.25) is 0 Å². The van der Waals surface area contributed by atoms with Crippen LogP contribution in [-0.2, 0) is 0 Å². The van der Waals surface area contributed by atoms with Crippen molar-refractivity contribution >= 4 is 40.0 Å². The molecule has 0 saturated carbocycles. The van der Waals surface area contributed by atoms with E-state index in [0.29, 0.717) is 5.69 Å². The number of hydrogen-bond acceptors (Lipinski definition) is 5. The molecule has 0 saturated heterocycles. The smallest absolute Gasteiger partial charge is 0.313 e. The average Bonchev–Trinajstić information content (AvgIpc) is 2.93. The van der Waals surface area contributed by atoms with Gasteiger partial charge in [-0.2, -0.15) is 0 Å². The van der Waals surface area contributed by atoms with Gasteiger partial charge < -0.3 is 15.5 Å². The lowest BCUT2D eigenvalue weighted by molar-refractivity contribution is 0.511. The molecule has 0 aliphatic carbocycles. The lowest BCUT2D eigenvalue weighted by Crippen LogP contribution is -2.01. The fourth-order valence-corrected chi connectivity index (χ4v) is 2.74. The molecule has 0 fully saturated rings. The number of halogens is 3. The first-order chi connectivity index (χ1) is 11.0. The molecule has 5 nitrogen and oxygen atoms in total. The monoisotopic (exact) mass is 428 g/mol. The zero-order valence-electron chi connectivity index (χ0n) is 11.9. The summed E-state index contributed by atoms with van der Waals surface area (Å²) in [5.74, 6) is -2.00. The van der Waals surface area contributed by atoms with Crippen LogP contribution >= 0.6 is 22.6 Å². The van der Waals surface area contributed by atoms with E-state index in [0.717, 1.165) is 15.2 Å². The van der Waals surface area contributed by atoms with Crippen molar-refractivity contribution in [3.05, 3.63) is 51.1 Å². The van der Waals surface area contributed by atoms with Crippen molar-refractivity contribution in [1.82, 2.24) is 10.2 Å². The zero-order valence-corrected chi connectivity index (χ0v) is 14.1. The van der Waals surface area contributed by atoms with Gasteiger partial charge >= 0.3 is 6.01 Å². The first kappa shape index (κ1) is 15.7. The third-order valence-corrected chi connectivity index (χ3v) is 3.88. The quantitative estimate of drug-likeness (QED) is 0.610. The van der Waals surface area contributed by atoms with Crippen molar-refractivity contribution in [2.24, 2.45) is 0 Å². The molecule has 0 aliphatic rings. The molecule has 8 heteroatoms. The van der Waals surface area contributed by atoms with Gasteiger partial charge in [0.05, 0.1) is 11.3 Å². The number of anilines is 3. The summed E-state index contributed by atoms with van der Waals surface area (Å²) in [6, 6.07) is 7.77. The van der Waals surface area contributed by atoms with Gasteiger partial charge in [-0.05, 0) is 65.4 Å². The summed E-state index contributed by atoms with van der Waals surface area (Å²) in [6.45, 7) is 1.87. The Morgan fingerprint density at radius 1 is 1.17 bits per heavy atom. The van der Waals surface area contributed by atoms with Crippen LogP contribution in [0, 0.1) is 22.1 Å². The van der Waals surface area contributed by atoms with Crippen LogP contribution in [0.15, 0.2) is 34.7 Å². The highest BCUT2D eigenvalue weighted by Crippen LogP contribution is 2.34. The highest BCUT2D eigenvalue weighted by atomic mass is 127. The van der Waals surface area contributed by atoms with E-state index in [1.807, 2.05) is 19.1 Å². The Hall–Kier alpha value is -2.23. The van der Waals surface area contributed by atoms with Crippen LogP contribution in [0.3, 0.4) is 0 Å². The van der Waals surface area contributed by atoms with Crippen LogP contribution < -0.4 is 11.1 Å². The predicted octanol–water partition coefficient (Wildman–Crippen LogP) is 4.25. The molecule has 3 aromatic rings. The minimum Gasteiger partial charge on any atom is -0.403 e. The second-order valence-electron chi connectivity index (χ2n) is 4.81. The maximum Gasteiger partial charge on any atom is 0.313 e. The molecule has 0 aliphatic heterocycles. The topological polar surface area (TPSA) is 77.0 Å². The summed E-state index contributed by atoms with van der Waals surface area (Å²) in [4.78, 5) is 0. The van der Waals surface area contributed by atoms with E-state index in [1.165, 1.54) is 6.07 Å². The number of hydrogen-bond donors (Lipinski definition) is 2. The minimum absolute atomic E-state index is 0.00654. The molecule has 0 atom stereocenters. The summed E-state index contributed by atoms with van der Waals surface area (Å²) >= 11 is 2.17. The van der Waals surface area contributed by atoms with Gasteiger partial charge in [0.1, 0.15) is 0 Å². The molecule has 1 aromatic heterocycles. The number of aromatic nitrogens is 2. The van der Waals surface area contributed by atoms with E-state index in [9.17, 15) is 8.78 Å². The Balaban J connectivity index is 2.11. The van der Waals surface area contributed by atoms with E-state index in [4.69, 9.17) is 10.2 Å². The van der Waals surface area contributed by atoms with Gasteiger partial charge in [0.15, 0.2) is 11.6 Å². The number of nitrogen functional groups attached to an aromatic ring is 1. The molecule has 23 heavy (non-hydrogen) atoms. The first-order valence-electron chi connectivity index (χ1n) is 6.56. The zero-order chi connectivity index (χ0) is 16.6. The molecular weight excluding hydrogens is 417 g/mol. The summed E-state index contributed by atoms with van der Waals surface area (Å²) < 4.78 is 34.1. The minimum atomic E-state index is -1.03.